The molecule has 0 N–H and O–H groups in total. The number of hydrogen-bond acceptors (Lipinski definition) is 6. The molecule has 2 heterocycles. The number of carbonyl (C=O) groups is 1. The fourth-order valence-electron chi connectivity index (χ4n) is 3.71. The van der Waals surface area contributed by atoms with Crippen molar-refractivity contribution in [1.29, 1.82) is 0 Å². The summed E-state index contributed by atoms with van der Waals surface area (Å²) in [6, 6.07) is 18.5. The normalized spacial score (nSPS) is 13.8. The molecule has 0 saturated carbocycles. The molecule has 0 atom stereocenters. The highest BCUT2D eigenvalue weighted by atomic mass is 35.5. The summed E-state index contributed by atoms with van der Waals surface area (Å²) in [7, 11) is 1.94. The lowest BCUT2D eigenvalue weighted by molar-refractivity contribution is -0.128. The van der Waals surface area contributed by atoms with Gasteiger partial charge in [-0.25, -0.2) is 14.4 Å². The molecule has 4 rings (SSSR count). The predicted octanol–water partition coefficient (Wildman–Crippen LogP) is 4.35. The number of rotatable bonds is 7. The Kier molecular flexibility index (Phi) is 7.67. The van der Waals surface area contributed by atoms with Gasteiger partial charge in [0.1, 0.15) is 16.8 Å². The van der Waals surface area contributed by atoms with Crippen LogP contribution in [0.4, 0.5) is 15.9 Å². The van der Waals surface area contributed by atoms with Gasteiger partial charge in [-0.3, -0.25) is 4.79 Å². The van der Waals surface area contributed by atoms with Crippen LogP contribution < -0.4 is 9.80 Å². The minimum absolute atomic E-state index is 0.0101. The van der Waals surface area contributed by atoms with Crippen LogP contribution in [0.25, 0.3) is 0 Å². The van der Waals surface area contributed by atoms with Crippen LogP contribution in [0.5, 0.6) is 0 Å². The number of hydrogen-bond donors (Lipinski definition) is 0. The molecule has 0 unspecified atom stereocenters. The number of halogens is 2. The highest BCUT2D eigenvalue weighted by Crippen LogP contribution is 2.24. The first kappa shape index (κ1) is 23.3. The van der Waals surface area contributed by atoms with Crippen LogP contribution in [-0.4, -0.2) is 59.8 Å². The van der Waals surface area contributed by atoms with E-state index in [0.717, 1.165) is 5.56 Å². The second-order valence-electron chi connectivity index (χ2n) is 7.78. The summed E-state index contributed by atoms with van der Waals surface area (Å²) in [6.45, 7) is 2.98. The van der Waals surface area contributed by atoms with Crippen molar-refractivity contribution in [3.63, 3.8) is 0 Å². The summed E-state index contributed by atoms with van der Waals surface area (Å²) in [4.78, 5) is 27.4. The number of aromatic nitrogens is 2. The summed E-state index contributed by atoms with van der Waals surface area (Å²) in [6.07, 6.45) is 0. The molecule has 9 heteroatoms. The Morgan fingerprint density at radius 3 is 2.48 bits per heavy atom. The molecule has 0 radical (unpaired) electrons. The van der Waals surface area contributed by atoms with Crippen LogP contribution in [0.1, 0.15) is 5.56 Å². The maximum atomic E-state index is 14.0. The van der Waals surface area contributed by atoms with Crippen LogP contribution in [0.2, 0.25) is 5.15 Å². The average Bonchev–Trinajstić information content (AvgIpc) is 2.83. The van der Waals surface area contributed by atoms with Gasteiger partial charge in [-0.1, -0.05) is 65.8 Å². The van der Waals surface area contributed by atoms with Crippen molar-refractivity contribution < 1.29 is 9.18 Å². The third-order valence-corrected chi connectivity index (χ3v) is 6.49. The molecule has 1 aromatic heterocycles. The average molecular weight is 486 g/mol. The Bertz CT molecular complexity index is 1100. The smallest absolute Gasteiger partial charge is 0.233 e. The van der Waals surface area contributed by atoms with Crippen LogP contribution in [0, 0.1) is 5.82 Å². The molecule has 33 heavy (non-hydrogen) atoms. The first-order valence-corrected chi connectivity index (χ1v) is 12.1. The van der Waals surface area contributed by atoms with E-state index in [-0.39, 0.29) is 17.5 Å². The SMILES string of the molecule is CN(Cc1ccccc1)c1cc(Cl)nc(SCC(=O)N2CCN(c3ccccc3F)CC2)n1. The Hall–Kier alpha value is -2.84. The van der Waals surface area contributed by atoms with Crippen molar-refractivity contribution in [3.8, 4) is 0 Å². The van der Waals surface area contributed by atoms with Gasteiger partial charge in [-0.2, -0.15) is 0 Å². The monoisotopic (exact) mass is 485 g/mol. The van der Waals surface area contributed by atoms with Crippen LogP contribution in [0.3, 0.4) is 0 Å². The zero-order valence-corrected chi connectivity index (χ0v) is 19.9. The van der Waals surface area contributed by atoms with Crippen molar-refractivity contribution in [1.82, 2.24) is 14.9 Å². The zero-order chi connectivity index (χ0) is 23.2. The van der Waals surface area contributed by atoms with E-state index in [0.29, 0.717) is 54.5 Å². The van der Waals surface area contributed by atoms with Gasteiger partial charge in [-0.05, 0) is 17.7 Å². The molecule has 0 bridgehead atoms. The number of anilines is 2. The highest BCUT2D eigenvalue weighted by molar-refractivity contribution is 7.99. The molecule has 0 aliphatic carbocycles. The topological polar surface area (TPSA) is 52.6 Å². The van der Waals surface area contributed by atoms with E-state index < -0.39 is 0 Å². The molecule has 1 saturated heterocycles. The Morgan fingerprint density at radius 2 is 1.76 bits per heavy atom. The molecule has 3 aromatic rings. The van der Waals surface area contributed by atoms with Crippen LogP contribution >= 0.6 is 23.4 Å². The maximum absolute atomic E-state index is 14.0. The molecule has 1 fully saturated rings. The van der Waals surface area contributed by atoms with Crippen molar-refractivity contribution in [2.24, 2.45) is 0 Å². The lowest BCUT2D eigenvalue weighted by Gasteiger charge is -2.36. The van der Waals surface area contributed by atoms with E-state index in [1.54, 1.807) is 23.1 Å². The van der Waals surface area contributed by atoms with Crippen molar-refractivity contribution in [2.75, 3.05) is 48.8 Å². The van der Waals surface area contributed by atoms with Gasteiger partial charge >= 0.3 is 0 Å². The fraction of sp³-hybridized carbons (Fsp3) is 0.292. The first-order chi connectivity index (χ1) is 16.0. The molecule has 2 aromatic carbocycles. The summed E-state index contributed by atoms with van der Waals surface area (Å²) in [5.41, 5.74) is 1.74. The quantitative estimate of drug-likeness (QED) is 0.282. The number of benzene rings is 2. The Morgan fingerprint density at radius 1 is 1.06 bits per heavy atom. The van der Waals surface area contributed by atoms with Gasteiger partial charge < -0.3 is 14.7 Å². The minimum Gasteiger partial charge on any atom is -0.366 e. The molecule has 1 aliphatic heterocycles. The van der Waals surface area contributed by atoms with E-state index in [1.807, 2.05) is 41.1 Å². The number of thioether (sulfide) groups is 1. The number of piperazine rings is 1. The lowest BCUT2D eigenvalue weighted by Crippen LogP contribution is -2.49. The molecule has 6 nitrogen and oxygen atoms in total. The lowest BCUT2D eigenvalue weighted by atomic mass is 10.2. The van der Waals surface area contributed by atoms with Gasteiger partial charge in [0.15, 0.2) is 5.16 Å². The van der Waals surface area contributed by atoms with Crippen molar-refractivity contribution >= 4 is 40.8 Å². The van der Waals surface area contributed by atoms with Gasteiger partial charge in [0.2, 0.25) is 5.91 Å². The minimum atomic E-state index is -0.237. The van der Waals surface area contributed by atoms with Gasteiger partial charge in [-0.15, -0.1) is 0 Å². The van der Waals surface area contributed by atoms with Crippen LogP contribution in [-0.2, 0) is 11.3 Å². The zero-order valence-electron chi connectivity index (χ0n) is 18.3. The van der Waals surface area contributed by atoms with Crippen LogP contribution in [0.15, 0.2) is 65.8 Å². The van der Waals surface area contributed by atoms with E-state index in [4.69, 9.17) is 11.6 Å². The Balaban J connectivity index is 1.32. The summed E-state index contributed by atoms with van der Waals surface area (Å²) >= 11 is 7.50. The van der Waals surface area contributed by atoms with Gasteiger partial charge in [0.25, 0.3) is 0 Å². The van der Waals surface area contributed by atoms with Gasteiger partial charge in [0, 0.05) is 45.8 Å². The molecule has 1 amide bonds. The molecule has 172 valence electrons. The third-order valence-electron chi connectivity index (χ3n) is 5.46. The third kappa shape index (κ3) is 6.15. The van der Waals surface area contributed by atoms with E-state index in [9.17, 15) is 9.18 Å². The highest BCUT2D eigenvalue weighted by Gasteiger charge is 2.23. The second kappa shape index (κ2) is 10.9. The van der Waals surface area contributed by atoms with Crippen molar-refractivity contribution in [3.05, 3.63) is 77.2 Å². The predicted molar refractivity (Wildman–Crippen MR) is 132 cm³/mol. The fourth-order valence-corrected chi connectivity index (χ4v) is 4.69. The number of para-hydroxylation sites is 1. The molecule has 0 spiro atoms. The molecule has 1 aliphatic rings. The number of amides is 1. The van der Waals surface area contributed by atoms with E-state index >= 15 is 0 Å². The van der Waals surface area contributed by atoms with Gasteiger partial charge in [0.05, 0.1) is 11.4 Å². The van der Waals surface area contributed by atoms with Crippen molar-refractivity contribution in [2.45, 2.75) is 11.7 Å². The first-order valence-electron chi connectivity index (χ1n) is 10.7. The number of carbonyl (C=O) groups excluding carboxylic acids is 1. The standard InChI is InChI=1S/C24H25ClFN5OS/c1-29(16-18-7-3-2-4-8-18)22-15-21(25)27-24(28-22)33-17-23(32)31-13-11-30(12-14-31)20-10-6-5-9-19(20)26/h2-10,15H,11-14,16-17H2,1H3. The maximum Gasteiger partial charge on any atom is 0.233 e. The molecular weight excluding hydrogens is 461 g/mol. The summed E-state index contributed by atoms with van der Waals surface area (Å²) < 4.78 is 14.0. The Labute approximate surface area is 202 Å². The largest absolute Gasteiger partial charge is 0.366 e. The van der Waals surface area contributed by atoms with E-state index in [2.05, 4.69) is 22.1 Å². The second-order valence-corrected chi connectivity index (χ2v) is 9.11. The van der Waals surface area contributed by atoms with E-state index in [1.165, 1.54) is 17.8 Å². The molecular formula is C24H25ClFN5OS. The summed E-state index contributed by atoms with van der Waals surface area (Å²) in [5, 5.41) is 0.809. The number of nitrogens with zero attached hydrogens (tertiary/aromatic N) is 5. The summed E-state index contributed by atoms with van der Waals surface area (Å²) in [5.74, 6) is 0.698.